The van der Waals surface area contributed by atoms with Gasteiger partial charge >= 0.3 is 0 Å². The SMILES string of the molecule is CCC(C)c1cc(C(=O)c2cccs2)cc(C)c1O.CNC.Cl. The quantitative estimate of drug-likeness (QED) is 0.777. The molecule has 0 saturated carbocycles. The van der Waals surface area contributed by atoms with E-state index in [2.05, 4.69) is 19.2 Å². The summed E-state index contributed by atoms with van der Waals surface area (Å²) in [6.45, 7) is 5.98. The Hall–Kier alpha value is -1.36. The van der Waals surface area contributed by atoms with E-state index in [9.17, 15) is 9.90 Å². The predicted octanol–water partition coefficient (Wildman–Crippen LogP) is 4.76. The summed E-state index contributed by atoms with van der Waals surface area (Å²) in [4.78, 5) is 13.1. The molecule has 1 aromatic carbocycles. The van der Waals surface area contributed by atoms with Gasteiger partial charge in [-0.3, -0.25) is 4.79 Å². The van der Waals surface area contributed by atoms with E-state index >= 15 is 0 Å². The summed E-state index contributed by atoms with van der Waals surface area (Å²) in [5.41, 5.74) is 2.29. The Kier molecular flexibility index (Phi) is 9.80. The third kappa shape index (κ3) is 5.65. The number of hydrogen-bond donors (Lipinski definition) is 2. The van der Waals surface area contributed by atoms with E-state index < -0.39 is 0 Å². The lowest BCUT2D eigenvalue weighted by Crippen LogP contribution is -2.03. The van der Waals surface area contributed by atoms with Crippen LogP contribution in [0.15, 0.2) is 29.6 Å². The molecule has 23 heavy (non-hydrogen) atoms. The molecule has 0 saturated heterocycles. The molecule has 1 unspecified atom stereocenters. The molecule has 0 aliphatic carbocycles. The van der Waals surface area contributed by atoms with Crippen LogP contribution >= 0.6 is 23.7 Å². The summed E-state index contributed by atoms with van der Waals surface area (Å²) in [7, 11) is 3.75. The Balaban J connectivity index is 0.00000112. The number of benzene rings is 1. The minimum absolute atomic E-state index is 0. The first-order chi connectivity index (χ1) is 10.5. The Bertz CT molecular complexity index is 612. The van der Waals surface area contributed by atoms with Gasteiger partial charge in [0.15, 0.2) is 0 Å². The van der Waals surface area contributed by atoms with Crippen LogP contribution < -0.4 is 5.32 Å². The lowest BCUT2D eigenvalue weighted by Gasteiger charge is -2.14. The fraction of sp³-hybridized carbons (Fsp3) is 0.389. The maximum atomic E-state index is 12.4. The Morgan fingerprint density at radius 1 is 1.35 bits per heavy atom. The molecule has 3 nitrogen and oxygen atoms in total. The third-order valence-corrected chi connectivity index (χ3v) is 4.35. The normalized spacial score (nSPS) is 11.0. The van der Waals surface area contributed by atoms with Gasteiger partial charge in [-0.25, -0.2) is 0 Å². The highest BCUT2D eigenvalue weighted by atomic mass is 35.5. The molecule has 0 aliphatic rings. The number of aryl methyl sites for hydroxylation is 1. The summed E-state index contributed by atoms with van der Waals surface area (Å²) in [6.07, 6.45) is 0.934. The highest BCUT2D eigenvalue weighted by molar-refractivity contribution is 7.12. The number of halogens is 1. The van der Waals surface area contributed by atoms with E-state index in [0.717, 1.165) is 22.4 Å². The number of carbonyl (C=O) groups is 1. The van der Waals surface area contributed by atoms with Gasteiger partial charge in [0, 0.05) is 5.56 Å². The van der Waals surface area contributed by atoms with E-state index in [4.69, 9.17) is 0 Å². The molecule has 2 N–H and O–H groups in total. The lowest BCUT2D eigenvalue weighted by atomic mass is 9.92. The van der Waals surface area contributed by atoms with Crippen LogP contribution in [0.5, 0.6) is 5.75 Å². The number of phenols is 1. The second kappa shape index (κ2) is 10.4. The fourth-order valence-electron chi connectivity index (χ4n) is 2.08. The van der Waals surface area contributed by atoms with Gasteiger partial charge < -0.3 is 10.4 Å². The van der Waals surface area contributed by atoms with Crippen molar-refractivity contribution in [3.05, 3.63) is 51.2 Å². The van der Waals surface area contributed by atoms with Crippen molar-refractivity contribution in [2.24, 2.45) is 0 Å². The van der Waals surface area contributed by atoms with Crippen LogP contribution in [-0.2, 0) is 0 Å². The smallest absolute Gasteiger partial charge is 0.202 e. The lowest BCUT2D eigenvalue weighted by molar-refractivity contribution is 0.104. The molecule has 1 heterocycles. The zero-order chi connectivity index (χ0) is 16.7. The standard InChI is InChI=1S/C16H18O2S.C2H7N.ClH/c1-4-10(2)13-9-12(8-11(3)15(13)17)16(18)14-6-5-7-19-14;1-3-2;/h5-10,17H,4H2,1-3H3;3H,1-2H3;1H. The van der Waals surface area contributed by atoms with Crippen LogP contribution in [0.1, 0.15) is 52.5 Å². The summed E-state index contributed by atoms with van der Waals surface area (Å²) in [5.74, 6) is 0.592. The van der Waals surface area contributed by atoms with Gasteiger partial charge in [-0.15, -0.1) is 23.7 Å². The minimum atomic E-state index is 0. The molecule has 128 valence electrons. The molecule has 1 aromatic heterocycles. The molecule has 0 amide bonds. The van der Waals surface area contributed by atoms with Crippen molar-refractivity contribution in [1.82, 2.24) is 5.32 Å². The van der Waals surface area contributed by atoms with Crippen LogP contribution in [-0.4, -0.2) is 25.0 Å². The predicted molar refractivity (Wildman–Crippen MR) is 102 cm³/mol. The van der Waals surface area contributed by atoms with Crippen LogP contribution in [0.4, 0.5) is 0 Å². The number of thiophene rings is 1. The number of rotatable bonds is 4. The van der Waals surface area contributed by atoms with E-state index in [1.165, 1.54) is 11.3 Å². The Morgan fingerprint density at radius 3 is 2.43 bits per heavy atom. The van der Waals surface area contributed by atoms with Crippen LogP contribution in [0, 0.1) is 6.92 Å². The Morgan fingerprint density at radius 2 is 1.96 bits per heavy atom. The van der Waals surface area contributed by atoms with E-state index in [1.54, 1.807) is 6.07 Å². The van der Waals surface area contributed by atoms with Gasteiger partial charge in [0.2, 0.25) is 5.78 Å². The van der Waals surface area contributed by atoms with Gasteiger partial charge in [0.1, 0.15) is 5.75 Å². The van der Waals surface area contributed by atoms with Gasteiger partial charge in [-0.2, -0.15) is 0 Å². The number of phenolic OH excluding ortho intramolecular Hbond substituents is 1. The van der Waals surface area contributed by atoms with Crippen LogP contribution in [0.25, 0.3) is 0 Å². The second-order valence-electron chi connectivity index (χ2n) is 5.35. The maximum absolute atomic E-state index is 12.4. The molecule has 0 fully saturated rings. The number of aromatic hydroxyl groups is 1. The van der Waals surface area contributed by atoms with E-state index in [0.29, 0.717) is 11.3 Å². The molecule has 0 radical (unpaired) electrons. The number of ketones is 1. The topological polar surface area (TPSA) is 49.3 Å². The van der Waals surface area contributed by atoms with Crippen LogP contribution in [0.3, 0.4) is 0 Å². The zero-order valence-corrected chi connectivity index (χ0v) is 16.0. The number of hydrogen-bond acceptors (Lipinski definition) is 4. The van der Waals surface area contributed by atoms with Crippen molar-refractivity contribution in [2.75, 3.05) is 14.1 Å². The van der Waals surface area contributed by atoms with Gasteiger partial charge in [-0.1, -0.05) is 19.9 Å². The molecule has 2 rings (SSSR count). The first-order valence-electron chi connectivity index (χ1n) is 7.46. The minimum Gasteiger partial charge on any atom is -0.507 e. The summed E-state index contributed by atoms with van der Waals surface area (Å²) in [6, 6.07) is 7.31. The van der Waals surface area contributed by atoms with E-state index in [1.807, 2.05) is 44.6 Å². The summed E-state index contributed by atoms with van der Waals surface area (Å²) >= 11 is 1.44. The molecule has 5 heteroatoms. The zero-order valence-electron chi connectivity index (χ0n) is 14.3. The van der Waals surface area contributed by atoms with Crippen molar-refractivity contribution < 1.29 is 9.90 Å². The van der Waals surface area contributed by atoms with Crippen molar-refractivity contribution in [1.29, 1.82) is 0 Å². The molecular formula is C18H26ClNO2S. The van der Waals surface area contributed by atoms with Gasteiger partial charge in [0.25, 0.3) is 0 Å². The van der Waals surface area contributed by atoms with Gasteiger partial charge in [0.05, 0.1) is 4.88 Å². The largest absolute Gasteiger partial charge is 0.507 e. The third-order valence-electron chi connectivity index (χ3n) is 3.48. The molecule has 2 aromatic rings. The van der Waals surface area contributed by atoms with Gasteiger partial charge in [-0.05, 0) is 68.1 Å². The molecule has 1 atom stereocenters. The first-order valence-corrected chi connectivity index (χ1v) is 8.34. The highest BCUT2D eigenvalue weighted by Crippen LogP contribution is 2.32. The van der Waals surface area contributed by atoms with Crippen molar-refractivity contribution in [3.63, 3.8) is 0 Å². The van der Waals surface area contributed by atoms with Crippen molar-refractivity contribution in [2.45, 2.75) is 33.1 Å². The number of carbonyl (C=O) groups excluding carboxylic acids is 1. The fourth-order valence-corrected chi connectivity index (χ4v) is 2.77. The molecule has 0 aliphatic heterocycles. The maximum Gasteiger partial charge on any atom is 0.202 e. The van der Waals surface area contributed by atoms with E-state index in [-0.39, 0.29) is 24.1 Å². The average molecular weight is 356 g/mol. The number of nitrogens with one attached hydrogen (secondary N) is 1. The second-order valence-corrected chi connectivity index (χ2v) is 6.29. The summed E-state index contributed by atoms with van der Waals surface area (Å²) in [5, 5.41) is 14.8. The highest BCUT2D eigenvalue weighted by Gasteiger charge is 2.17. The monoisotopic (exact) mass is 355 g/mol. The first kappa shape index (κ1) is 21.6. The van der Waals surface area contributed by atoms with Crippen LogP contribution in [0.2, 0.25) is 0 Å². The van der Waals surface area contributed by atoms with Crippen molar-refractivity contribution >= 4 is 29.5 Å². The average Bonchev–Trinajstić information content (AvgIpc) is 3.03. The molecule has 0 bridgehead atoms. The summed E-state index contributed by atoms with van der Waals surface area (Å²) < 4.78 is 0. The van der Waals surface area contributed by atoms with Crippen molar-refractivity contribution in [3.8, 4) is 5.75 Å². The molecule has 0 spiro atoms. The molecular weight excluding hydrogens is 330 g/mol. The Labute approximate surface area is 149 Å².